The molecule has 19 heavy (non-hydrogen) atoms. The van der Waals surface area contributed by atoms with Gasteiger partial charge >= 0.3 is 0 Å². The van der Waals surface area contributed by atoms with E-state index in [4.69, 9.17) is 4.74 Å². The van der Waals surface area contributed by atoms with Crippen molar-refractivity contribution >= 4 is 18.3 Å². The van der Waals surface area contributed by atoms with Gasteiger partial charge < -0.3 is 15.0 Å². The highest BCUT2D eigenvalue weighted by Crippen LogP contribution is 2.46. The molecule has 1 saturated heterocycles. The third kappa shape index (κ3) is 3.61. The summed E-state index contributed by atoms with van der Waals surface area (Å²) in [6.45, 7) is 3.61. The zero-order valence-electron chi connectivity index (χ0n) is 12.1. The van der Waals surface area contributed by atoms with Crippen LogP contribution >= 0.6 is 12.4 Å². The van der Waals surface area contributed by atoms with E-state index in [2.05, 4.69) is 10.2 Å². The fourth-order valence-electron chi connectivity index (χ4n) is 3.28. The normalized spacial score (nSPS) is 24.7. The Balaban J connectivity index is 0.00000180. The lowest BCUT2D eigenvalue weighted by Crippen LogP contribution is -2.47. The third-order valence-electron chi connectivity index (χ3n) is 4.61. The molecule has 2 rings (SSSR count). The summed E-state index contributed by atoms with van der Waals surface area (Å²) in [7, 11) is 3.70. The highest BCUT2D eigenvalue weighted by atomic mass is 35.5. The molecule has 1 saturated carbocycles. The highest BCUT2D eigenvalue weighted by molar-refractivity contribution is 5.85. The number of ether oxygens (including phenoxy) is 1. The second kappa shape index (κ2) is 7.46. The van der Waals surface area contributed by atoms with Crippen LogP contribution in [0.2, 0.25) is 0 Å². The first-order valence-electron chi connectivity index (χ1n) is 7.15. The number of carbonyl (C=O) groups excluding carboxylic acids is 1. The fourth-order valence-corrected chi connectivity index (χ4v) is 3.28. The van der Waals surface area contributed by atoms with E-state index in [0.717, 1.165) is 45.3 Å². The average Bonchev–Trinajstić information content (AvgIpc) is 2.76. The molecule has 1 unspecified atom stereocenters. The molecule has 5 heteroatoms. The van der Waals surface area contributed by atoms with Crippen LogP contribution in [0.3, 0.4) is 0 Å². The van der Waals surface area contributed by atoms with Crippen LogP contribution in [-0.4, -0.2) is 51.2 Å². The Labute approximate surface area is 122 Å². The minimum absolute atomic E-state index is 0. The first kappa shape index (κ1) is 16.7. The standard InChI is InChI=1S/C14H26N2O2.ClH/c1-15-10-12-4-8-16(11-12)13(17)14(5-3-6-14)7-9-18-2;/h12,15H,3-11H2,1-2H3;1H. The number of hydrogen-bond acceptors (Lipinski definition) is 3. The number of likely N-dealkylation sites (tertiary alicyclic amines) is 1. The predicted molar refractivity (Wildman–Crippen MR) is 78.6 cm³/mol. The van der Waals surface area contributed by atoms with Gasteiger partial charge in [-0.05, 0) is 45.2 Å². The minimum Gasteiger partial charge on any atom is -0.385 e. The summed E-state index contributed by atoms with van der Waals surface area (Å²) < 4.78 is 5.17. The molecule has 0 spiro atoms. The summed E-state index contributed by atoms with van der Waals surface area (Å²) >= 11 is 0. The molecule has 0 bridgehead atoms. The monoisotopic (exact) mass is 290 g/mol. The molecule has 1 amide bonds. The number of methoxy groups -OCH3 is 1. The van der Waals surface area contributed by atoms with E-state index in [1.807, 2.05) is 7.05 Å². The van der Waals surface area contributed by atoms with Gasteiger partial charge in [0.25, 0.3) is 0 Å². The van der Waals surface area contributed by atoms with Crippen molar-refractivity contribution in [2.45, 2.75) is 32.1 Å². The Morgan fingerprint density at radius 1 is 1.47 bits per heavy atom. The lowest BCUT2D eigenvalue weighted by atomic mass is 9.66. The maximum Gasteiger partial charge on any atom is 0.228 e. The van der Waals surface area contributed by atoms with Crippen LogP contribution in [0.1, 0.15) is 32.1 Å². The predicted octanol–water partition coefficient (Wildman–Crippen LogP) is 1.68. The molecule has 0 radical (unpaired) electrons. The Kier molecular flexibility index (Phi) is 6.57. The molecular weight excluding hydrogens is 264 g/mol. The van der Waals surface area contributed by atoms with Crippen LogP contribution in [0, 0.1) is 11.3 Å². The second-order valence-corrected chi connectivity index (χ2v) is 5.84. The molecule has 4 nitrogen and oxygen atoms in total. The van der Waals surface area contributed by atoms with Gasteiger partial charge in [0, 0.05) is 26.8 Å². The van der Waals surface area contributed by atoms with Gasteiger partial charge in [-0.3, -0.25) is 4.79 Å². The van der Waals surface area contributed by atoms with Crippen LogP contribution in [0.5, 0.6) is 0 Å². The summed E-state index contributed by atoms with van der Waals surface area (Å²) in [5.41, 5.74) is -0.0788. The molecule has 0 aromatic heterocycles. The van der Waals surface area contributed by atoms with Gasteiger partial charge in [0.05, 0.1) is 5.41 Å². The van der Waals surface area contributed by atoms with Gasteiger partial charge in [0.2, 0.25) is 5.91 Å². The van der Waals surface area contributed by atoms with Crippen molar-refractivity contribution in [2.75, 3.05) is 40.4 Å². The number of rotatable bonds is 6. The van der Waals surface area contributed by atoms with Crippen LogP contribution < -0.4 is 5.32 Å². The van der Waals surface area contributed by atoms with Crippen molar-refractivity contribution in [2.24, 2.45) is 11.3 Å². The zero-order valence-corrected chi connectivity index (χ0v) is 12.9. The van der Waals surface area contributed by atoms with Crippen molar-refractivity contribution in [3.8, 4) is 0 Å². The molecule has 0 aromatic rings. The topological polar surface area (TPSA) is 41.6 Å². The smallest absolute Gasteiger partial charge is 0.228 e. The molecule has 1 aliphatic carbocycles. The van der Waals surface area contributed by atoms with E-state index in [-0.39, 0.29) is 17.8 Å². The van der Waals surface area contributed by atoms with Crippen molar-refractivity contribution in [3.63, 3.8) is 0 Å². The third-order valence-corrected chi connectivity index (χ3v) is 4.61. The molecule has 2 fully saturated rings. The zero-order chi connectivity index (χ0) is 13.0. The van der Waals surface area contributed by atoms with Crippen molar-refractivity contribution in [1.82, 2.24) is 10.2 Å². The number of nitrogens with one attached hydrogen (secondary N) is 1. The van der Waals surface area contributed by atoms with Gasteiger partial charge in [-0.1, -0.05) is 6.42 Å². The lowest BCUT2D eigenvalue weighted by Gasteiger charge is -2.42. The summed E-state index contributed by atoms with van der Waals surface area (Å²) in [6, 6.07) is 0. The lowest BCUT2D eigenvalue weighted by molar-refractivity contribution is -0.148. The summed E-state index contributed by atoms with van der Waals surface area (Å²) in [6.07, 6.45) is 5.36. The largest absolute Gasteiger partial charge is 0.385 e. The van der Waals surface area contributed by atoms with Gasteiger partial charge in [0.1, 0.15) is 0 Å². The molecule has 1 heterocycles. The van der Waals surface area contributed by atoms with Crippen molar-refractivity contribution < 1.29 is 9.53 Å². The molecule has 1 atom stereocenters. The molecular formula is C14H27ClN2O2. The van der Waals surface area contributed by atoms with E-state index in [1.54, 1.807) is 7.11 Å². The first-order chi connectivity index (χ1) is 8.72. The quantitative estimate of drug-likeness (QED) is 0.809. The van der Waals surface area contributed by atoms with E-state index >= 15 is 0 Å². The van der Waals surface area contributed by atoms with Gasteiger partial charge in [-0.2, -0.15) is 0 Å². The maximum atomic E-state index is 12.7. The summed E-state index contributed by atoms with van der Waals surface area (Å²) in [5.74, 6) is 1.03. The second-order valence-electron chi connectivity index (χ2n) is 5.84. The van der Waals surface area contributed by atoms with Crippen LogP contribution in [0.4, 0.5) is 0 Å². The first-order valence-corrected chi connectivity index (χ1v) is 7.15. The highest BCUT2D eigenvalue weighted by Gasteiger charge is 2.46. The van der Waals surface area contributed by atoms with Crippen molar-refractivity contribution in [3.05, 3.63) is 0 Å². The Morgan fingerprint density at radius 3 is 2.74 bits per heavy atom. The van der Waals surface area contributed by atoms with E-state index < -0.39 is 0 Å². The number of amides is 1. The molecule has 1 N–H and O–H groups in total. The van der Waals surface area contributed by atoms with E-state index in [9.17, 15) is 4.79 Å². The fraction of sp³-hybridized carbons (Fsp3) is 0.929. The average molecular weight is 291 g/mol. The Bertz CT molecular complexity index is 295. The SMILES string of the molecule is CNCC1CCN(C(=O)C2(CCOC)CCC2)C1.Cl. The minimum atomic E-state index is -0.0788. The van der Waals surface area contributed by atoms with Gasteiger partial charge in [0.15, 0.2) is 0 Å². The summed E-state index contributed by atoms with van der Waals surface area (Å²) in [4.78, 5) is 14.7. The Hall–Kier alpha value is -0.320. The number of carbonyl (C=O) groups is 1. The molecule has 112 valence electrons. The van der Waals surface area contributed by atoms with Crippen LogP contribution in [0.25, 0.3) is 0 Å². The van der Waals surface area contributed by atoms with Gasteiger partial charge in [-0.25, -0.2) is 0 Å². The molecule has 1 aliphatic heterocycles. The van der Waals surface area contributed by atoms with Gasteiger partial charge in [-0.15, -0.1) is 12.4 Å². The van der Waals surface area contributed by atoms with Crippen molar-refractivity contribution in [1.29, 1.82) is 0 Å². The van der Waals surface area contributed by atoms with Crippen LogP contribution in [-0.2, 0) is 9.53 Å². The van der Waals surface area contributed by atoms with Crippen LogP contribution in [0.15, 0.2) is 0 Å². The molecule has 0 aromatic carbocycles. The summed E-state index contributed by atoms with van der Waals surface area (Å²) in [5, 5.41) is 3.21. The number of nitrogens with zero attached hydrogens (tertiary/aromatic N) is 1. The maximum absolute atomic E-state index is 12.7. The number of halogens is 1. The Morgan fingerprint density at radius 2 is 2.21 bits per heavy atom. The number of hydrogen-bond donors (Lipinski definition) is 1. The van der Waals surface area contributed by atoms with E-state index in [1.165, 1.54) is 6.42 Å². The van der Waals surface area contributed by atoms with E-state index in [0.29, 0.717) is 18.4 Å². The molecule has 2 aliphatic rings.